The van der Waals surface area contributed by atoms with Crippen molar-refractivity contribution in [3.05, 3.63) is 65.2 Å². The Hall–Kier alpha value is -2.27. The van der Waals surface area contributed by atoms with Crippen molar-refractivity contribution in [3.63, 3.8) is 0 Å². The number of benzene rings is 2. The predicted octanol–water partition coefficient (Wildman–Crippen LogP) is 4.63. The summed E-state index contributed by atoms with van der Waals surface area (Å²) in [6.45, 7) is 7.06. The van der Waals surface area contributed by atoms with Gasteiger partial charge < -0.3 is 4.74 Å². The van der Waals surface area contributed by atoms with E-state index in [0.29, 0.717) is 13.0 Å². The smallest absolute Gasteiger partial charge is 0.120 e. The Morgan fingerprint density at radius 2 is 1.71 bits per heavy atom. The lowest BCUT2D eigenvalue weighted by atomic mass is 9.87. The van der Waals surface area contributed by atoms with Gasteiger partial charge in [0.1, 0.15) is 12.4 Å². The molecule has 21 heavy (non-hydrogen) atoms. The van der Waals surface area contributed by atoms with Gasteiger partial charge in [0, 0.05) is 0 Å². The SMILES string of the molecule is CC(C)(C)c1cccc(OCc2ccccc2CC#N)c1. The zero-order valence-electron chi connectivity index (χ0n) is 12.9. The van der Waals surface area contributed by atoms with Crippen LogP contribution in [0.25, 0.3) is 0 Å². The Kier molecular flexibility index (Phi) is 4.65. The van der Waals surface area contributed by atoms with Crippen LogP contribution < -0.4 is 4.74 Å². The molecule has 0 aliphatic heterocycles. The maximum Gasteiger partial charge on any atom is 0.120 e. The Morgan fingerprint density at radius 1 is 1.00 bits per heavy atom. The second kappa shape index (κ2) is 6.45. The summed E-state index contributed by atoms with van der Waals surface area (Å²) in [5.41, 5.74) is 3.47. The molecule has 2 rings (SSSR count). The van der Waals surface area contributed by atoms with Crippen molar-refractivity contribution in [1.82, 2.24) is 0 Å². The first-order chi connectivity index (χ1) is 10.0. The van der Waals surface area contributed by atoms with Crippen LogP contribution in [0.5, 0.6) is 5.75 Å². The van der Waals surface area contributed by atoms with E-state index in [2.05, 4.69) is 39.0 Å². The van der Waals surface area contributed by atoms with Crippen molar-refractivity contribution in [2.45, 2.75) is 39.2 Å². The van der Waals surface area contributed by atoms with Gasteiger partial charge in [0.2, 0.25) is 0 Å². The minimum atomic E-state index is 0.109. The highest BCUT2D eigenvalue weighted by Gasteiger charge is 2.14. The first kappa shape index (κ1) is 15.1. The molecule has 0 aromatic heterocycles. The second-order valence-electron chi connectivity index (χ2n) is 6.17. The highest BCUT2D eigenvalue weighted by atomic mass is 16.5. The number of nitrogens with zero attached hydrogens (tertiary/aromatic N) is 1. The van der Waals surface area contributed by atoms with Gasteiger partial charge >= 0.3 is 0 Å². The normalized spacial score (nSPS) is 11.0. The standard InChI is InChI=1S/C19H21NO/c1-19(2,3)17-9-6-10-18(13-17)21-14-16-8-5-4-7-15(16)11-12-20/h4-10,13H,11,14H2,1-3H3. The van der Waals surface area contributed by atoms with Gasteiger partial charge in [0.15, 0.2) is 0 Å². The molecule has 0 saturated carbocycles. The molecular weight excluding hydrogens is 258 g/mol. The summed E-state index contributed by atoms with van der Waals surface area (Å²) < 4.78 is 5.91. The summed E-state index contributed by atoms with van der Waals surface area (Å²) in [4.78, 5) is 0. The number of hydrogen-bond donors (Lipinski definition) is 0. The lowest BCUT2D eigenvalue weighted by molar-refractivity contribution is 0.304. The summed E-state index contributed by atoms with van der Waals surface area (Å²) in [6, 6.07) is 18.3. The fraction of sp³-hybridized carbons (Fsp3) is 0.316. The molecule has 0 saturated heterocycles. The van der Waals surface area contributed by atoms with Crippen LogP contribution >= 0.6 is 0 Å². The molecule has 0 spiro atoms. The van der Waals surface area contributed by atoms with E-state index < -0.39 is 0 Å². The van der Waals surface area contributed by atoms with Gasteiger partial charge in [-0.3, -0.25) is 0 Å². The van der Waals surface area contributed by atoms with E-state index in [0.717, 1.165) is 16.9 Å². The zero-order valence-corrected chi connectivity index (χ0v) is 12.9. The highest BCUT2D eigenvalue weighted by molar-refractivity contribution is 5.34. The van der Waals surface area contributed by atoms with Crippen LogP contribution in [0.15, 0.2) is 48.5 Å². The lowest BCUT2D eigenvalue weighted by Gasteiger charge is -2.20. The molecule has 2 aromatic carbocycles. The first-order valence-electron chi connectivity index (χ1n) is 7.18. The highest BCUT2D eigenvalue weighted by Crippen LogP contribution is 2.26. The molecule has 0 amide bonds. The van der Waals surface area contributed by atoms with Crippen LogP contribution in [-0.2, 0) is 18.4 Å². The average Bonchev–Trinajstić information content (AvgIpc) is 2.46. The summed E-state index contributed by atoms with van der Waals surface area (Å²) >= 11 is 0. The summed E-state index contributed by atoms with van der Waals surface area (Å²) in [7, 11) is 0. The maximum absolute atomic E-state index is 8.86. The van der Waals surface area contributed by atoms with Gasteiger partial charge in [0.05, 0.1) is 12.5 Å². The van der Waals surface area contributed by atoms with Gasteiger partial charge in [-0.1, -0.05) is 57.2 Å². The van der Waals surface area contributed by atoms with Crippen molar-refractivity contribution in [2.24, 2.45) is 0 Å². The number of nitriles is 1. The Balaban J connectivity index is 2.12. The molecule has 0 aliphatic rings. The average molecular weight is 279 g/mol. The topological polar surface area (TPSA) is 33.0 Å². The second-order valence-corrected chi connectivity index (χ2v) is 6.17. The minimum Gasteiger partial charge on any atom is -0.489 e. The number of rotatable bonds is 4. The van der Waals surface area contributed by atoms with Gasteiger partial charge in [0.25, 0.3) is 0 Å². The Labute approximate surface area is 127 Å². The summed E-state index contributed by atoms with van der Waals surface area (Å²) in [6.07, 6.45) is 0.418. The van der Waals surface area contributed by atoms with E-state index in [1.807, 2.05) is 36.4 Å². The molecule has 108 valence electrons. The van der Waals surface area contributed by atoms with E-state index in [1.54, 1.807) is 0 Å². The molecule has 0 radical (unpaired) electrons. The van der Waals surface area contributed by atoms with Gasteiger partial charge in [-0.25, -0.2) is 0 Å². The van der Waals surface area contributed by atoms with E-state index in [4.69, 9.17) is 10.00 Å². The van der Waals surface area contributed by atoms with Gasteiger partial charge in [-0.15, -0.1) is 0 Å². The molecule has 0 fully saturated rings. The zero-order chi connectivity index (χ0) is 15.3. The van der Waals surface area contributed by atoms with Crippen LogP contribution in [0, 0.1) is 11.3 Å². The fourth-order valence-corrected chi connectivity index (χ4v) is 2.17. The molecule has 2 heteroatoms. The van der Waals surface area contributed by atoms with Crippen LogP contribution in [0.4, 0.5) is 0 Å². The van der Waals surface area contributed by atoms with Crippen LogP contribution in [0.2, 0.25) is 0 Å². The third kappa shape index (κ3) is 4.10. The third-order valence-corrected chi connectivity index (χ3v) is 3.48. The van der Waals surface area contributed by atoms with Crippen molar-refractivity contribution >= 4 is 0 Å². The minimum absolute atomic E-state index is 0.109. The third-order valence-electron chi connectivity index (χ3n) is 3.48. The van der Waals surface area contributed by atoms with Crippen molar-refractivity contribution in [3.8, 4) is 11.8 Å². The lowest BCUT2D eigenvalue weighted by Crippen LogP contribution is -2.11. The molecule has 0 bridgehead atoms. The molecule has 0 unspecified atom stereocenters. The molecule has 0 atom stereocenters. The molecule has 0 aliphatic carbocycles. The molecule has 0 heterocycles. The van der Waals surface area contributed by atoms with Crippen LogP contribution in [-0.4, -0.2) is 0 Å². The number of ether oxygens (including phenoxy) is 1. The Bertz CT molecular complexity index is 647. The van der Waals surface area contributed by atoms with Gasteiger partial charge in [-0.05, 0) is 34.2 Å². The first-order valence-corrected chi connectivity index (χ1v) is 7.18. The van der Waals surface area contributed by atoms with Crippen molar-refractivity contribution in [1.29, 1.82) is 5.26 Å². The largest absolute Gasteiger partial charge is 0.489 e. The monoisotopic (exact) mass is 279 g/mol. The van der Waals surface area contributed by atoms with Gasteiger partial charge in [-0.2, -0.15) is 5.26 Å². The molecule has 0 N–H and O–H groups in total. The van der Waals surface area contributed by atoms with E-state index in [9.17, 15) is 0 Å². The van der Waals surface area contributed by atoms with E-state index in [1.165, 1.54) is 5.56 Å². The quantitative estimate of drug-likeness (QED) is 0.817. The number of hydrogen-bond acceptors (Lipinski definition) is 2. The van der Waals surface area contributed by atoms with Crippen LogP contribution in [0.3, 0.4) is 0 Å². The predicted molar refractivity (Wildman–Crippen MR) is 85.2 cm³/mol. The summed E-state index contributed by atoms with van der Waals surface area (Å²) in [5.74, 6) is 0.870. The molecule has 2 nitrogen and oxygen atoms in total. The van der Waals surface area contributed by atoms with Crippen LogP contribution in [0.1, 0.15) is 37.5 Å². The van der Waals surface area contributed by atoms with Crippen molar-refractivity contribution in [2.75, 3.05) is 0 Å². The Morgan fingerprint density at radius 3 is 2.38 bits per heavy atom. The van der Waals surface area contributed by atoms with E-state index >= 15 is 0 Å². The molecular formula is C19H21NO. The van der Waals surface area contributed by atoms with Crippen molar-refractivity contribution < 1.29 is 4.74 Å². The van der Waals surface area contributed by atoms with E-state index in [-0.39, 0.29) is 5.41 Å². The molecule has 2 aromatic rings. The summed E-state index contributed by atoms with van der Waals surface area (Å²) in [5, 5.41) is 8.86. The maximum atomic E-state index is 8.86. The fourth-order valence-electron chi connectivity index (χ4n) is 2.17.